The Morgan fingerprint density at radius 2 is 2.33 bits per heavy atom. The van der Waals surface area contributed by atoms with Crippen LogP contribution in [-0.4, -0.2) is 18.1 Å². The Morgan fingerprint density at radius 1 is 1.67 bits per heavy atom. The van der Waals surface area contributed by atoms with Crippen molar-refractivity contribution < 1.29 is 9.53 Å². The average molecular weight is 171 g/mol. The van der Waals surface area contributed by atoms with E-state index in [1.54, 1.807) is 0 Å². The molecular weight excluding hydrogens is 154 g/mol. The van der Waals surface area contributed by atoms with Crippen molar-refractivity contribution in [1.29, 1.82) is 0 Å². The molecule has 0 aromatic heterocycles. The van der Waals surface area contributed by atoms with E-state index in [2.05, 4.69) is 0 Å². The number of hydrogen-bond donors (Lipinski definition) is 1. The van der Waals surface area contributed by atoms with E-state index in [-0.39, 0.29) is 12.1 Å². The minimum atomic E-state index is -0.407. The number of nitrogens with two attached hydrogens (primary N) is 1. The molecule has 0 spiro atoms. The van der Waals surface area contributed by atoms with Gasteiger partial charge in [0.25, 0.3) is 0 Å². The van der Waals surface area contributed by atoms with Crippen molar-refractivity contribution in [2.45, 2.75) is 51.2 Å². The molecule has 0 heterocycles. The van der Waals surface area contributed by atoms with Crippen molar-refractivity contribution in [3.8, 4) is 0 Å². The Labute approximate surface area is 73.3 Å². The summed E-state index contributed by atoms with van der Waals surface area (Å²) in [5.74, 6) is -0.221. The van der Waals surface area contributed by atoms with E-state index in [0.29, 0.717) is 0 Å². The monoisotopic (exact) mass is 171 g/mol. The maximum Gasteiger partial charge on any atom is 0.323 e. The van der Waals surface area contributed by atoms with Crippen LogP contribution in [0.5, 0.6) is 0 Å². The second kappa shape index (κ2) is 4.45. The van der Waals surface area contributed by atoms with Gasteiger partial charge in [-0.2, -0.15) is 0 Å². The van der Waals surface area contributed by atoms with Crippen molar-refractivity contribution in [2.75, 3.05) is 0 Å². The summed E-state index contributed by atoms with van der Waals surface area (Å²) in [7, 11) is 0. The van der Waals surface area contributed by atoms with Gasteiger partial charge in [0.1, 0.15) is 12.1 Å². The van der Waals surface area contributed by atoms with Crippen molar-refractivity contribution in [3.63, 3.8) is 0 Å². The molecule has 1 rings (SSSR count). The third kappa shape index (κ3) is 2.48. The van der Waals surface area contributed by atoms with Gasteiger partial charge in [-0.3, -0.25) is 4.79 Å². The number of carbonyl (C=O) groups excluding carboxylic acids is 1. The number of esters is 1. The zero-order chi connectivity index (χ0) is 8.97. The lowest BCUT2D eigenvalue weighted by Crippen LogP contribution is -2.36. The largest absolute Gasteiger partial charge is 0.461 e. The maximum atomic E-state index is 11.2. The van der Waals surface area contributed by atoms with Gasteiger partial charge in [-0.1, -0.05) is 13.3 Å². The van der Waals surface area contributed by atoms with Crippen LogP contribution < -0.4 is 5.73 Å². The van der Waals surface area contributed by atoms with Crippen LogP contribution in [-0.2, 0) is 9.53 Å². The molecule has 2 N–H and O–H groups in total. The molecule has 1 unspecified atom stereocenters. The van der Waals surface area contributed by atoms with Gasteiger partial charge in [-0.05, 0) is 25.7 Å². The van der Waals surface area contributed by atoms with Crippen molar-refractivity contribution in [2.24, 2.45) is 5.73 Å². The molecule has 1 aliphatic rings. The third-order valence-corrected chi connectivity index (χ3v) is 2.24. The van der Waals surface area contributed by atoms with Gasteiger partial charge in [-0.15, -0.1) is 0 Å². The summed E-state index contributed by atoms with van der Waals surface area (Å²) in [4.78, 5) is 11.2. The molecule has 1 saturated carbocycles. The highest BCUT2D eigenvalue weighted by Gasteiger charge is 2.24. The van der Waals surface area contributed by atoms with Crippen LogP contribution in [0.2, 0.25) is 0 Å². The summed E-state index contributed by atoms with van der Waals surface area (Å²) < 4.78 is 5.14. The lowest BCUT2D eigenvalue weighted by Gasteiger charge is -2.26. The molecule has 0 aliphatic heterocycles. The Balaban J connectivity index is 2.16. The van der Waals surface area contributed by atoms with Gasteiger partial charge in [-0.25, -0.2) is 0 Å². The first-order chi connectivity index (χ1) is 5.74. The van der Waals surface area contributed by atoms with E-state index >= 15 is 0 Å². The zero-order valence-electron chi connectivity index (χ0n) is 7.58. The van der Waals surface area contributed by atoms with Gasteiger partial charge in [0.2, 0.25) is 0 Å². The molecule has 70 valence electrons. The number of ether oxygens (including phenoxy) is 1. The van der Waals surface area contributed by atoms with Crippen LogP contribution in [0.25, 0.3) is 0 Å². The van der Waals surface area contributed by atoms with E-state index in [9.17, 15) is 4.79 Å². The fourth-order valence-electron chi connectivity index (χ4n) is 1.17. The molecule has 0 radical (unpaired) electrons. The highest BCUT2D eigenvalue weighted by Crippen LogP contribution is 2.22. The van der Waals surface area contributed by atoms with Gasteiger partial charge in [0.15, 0.2) is 0 Å². The first-order valence-corrected chi connectivity index (χ1v) is 4.70. The molecule has 1 fully saturated rings. The van der Waals surface area contributed by atoms with Crippen LogP contribution in [0.3, 0.4) is 0 Å². The number of carbonyl (C=O) groups is 1. The van der Waals surface area contributed by atoms with Gasteiger partial charge < -0.3 is 10.5 Å². The molecular formula is C9H17NO2. The zero-order valence-corrected chi connectivity index (χ0v) is 7.58. The van der Waals surface area contributed by atoms with Crippen LogP contribution in [0.15, 0.2) is 0 Å². The Kier molecular flexibility index (Phi) is 3.53. The van der Waals surface area contributed by atoms with Gasteiger partial charge >= 0.3 is 5.97 Å². The summed E-state index contributed by atoms with van der Waals surface area (Å²) >= 11 is 0. The van der Waals surface area contributed by atoms with Crippen LogP contribution in [0.1, 0.15) is 39.0 Å². The first kappa shape index (κ1) is 9.52. The number of hydrogen-bond acceptors (Lipinski definition) is 3. The highest BCUT2D eigenvalue weighted by molar-refractivity contribution is 5.75. The first-order valence-electron chi connectivity index (χ1n) is 4.70. The van der Waals surface area contributed by atoms with Crippen LogP contribution in [0.4, 0.5) is 0 Å². The second-order valence-corrected chi connectivity index (χ2v) is 3.38. The smallest absolute Gasteiger partial charge is 0.323 e. The molecule has 0 aromatic rings. The molecule has 0 amide bonds. The minimum Gasteiger partial charge on any atom is -0.461 e. The summed E-state index contributed by atoms with van der Waals surface area (Å²) in [5.41, 5.74) is 5.58. The van der Waals surface area contributed by atoms with Crippen LogP contribution >= 0.6 is 0 Å². The predicted molar refractivity (Wildman–Crippen MR) is 46.6 cm³/mol. The predicted octanol–water partition coefficient (Wildman–Crippen LogP) is 1.21. The van der Waals surface area contributed by atoms with Crippen molar-refractivity contribution in [3.05, 3.63) is 0 Å². The number of rotatable bonds is 4. The highest BCUT2D eigenvalue weighted by atomic mass is 16.5. The Bertz CT molecular complexity index is 155. The molecule has 3 heteroatoms. The van der Waals surface area contributed by atoms with Gasteiger partial charge in [0, 0.05) is 0 Å². The standard InChI is InChI=1S/C9H17NO2/c1-2-4-8(10)9(11)12-7-5-3-6-7/h7-8H,2-6,10H2,1H3. The maximum absolute atomic E-state index is 11.2. The molecule has 0 aromatic carbocycles. The fourth-order valence-corrected chi connectivity index (χ4v) is 1.17. The lowest BCUT2D eigenvalue weighted by molar-refractivity contribution is -0.154. The molecule has 12 heavy (non-hydrogen) atoms. The summed E-state index contributed by atoms with van der Waals surface area (Å²) in [5, 5.41) is 0. The molecule has 1 atom stereocenters. The van der Waals surface area contributed by atoms with Crippen LogP contribution in [0, 0.1) is 0 Å². The van der Waals surface area contributed by atoms with E-state index in [1.807, 2.05) is 6.92 Å². The molecule has 0 bridgehead atoms. The van der Waals surface area contributed by atoms with Crippen molar-refractivity contribution in [1.82, 2.24) is 0 Å². The molecule has 3 nitrogen and oxygen atoms in total. The van der Waals surface area contributed by atoms with E-state index in [4.69, 9.17) is 10.5 Å². The Morgan fingerprint density at radius 3 is 2.75 bits per heavy atom. The molecule has 0 saturated heterocycles. The average Bonchev–Trinajstić information content (AvgIpc) is 1.97. The normalized spacial score (nSPS) is 19.8. The van der Waals surface area contributed by atoms with Crippen molar-refractivity contribution >= 4 is 5.97 Å². The topological polar surface area (TPSA) is 52.3 Å². The third-order valence-electron chi connectivity index (χ3n) is 2.24. The van der Waals surface area contributed by atoms with E-state index in [0.717, 1.165) is 25.7 Å². The summed E-state index contributed by atoms with van der Waals surface area (Å²) in [6.45, 7) is 2.01. The minimum absolute atomic E-state index is 0.167. The quantitative estimate of drug-likeness (QED) is 0.647. The lowest BCUT2D eigenvalue weighted by atomic mass is 9.96. The summed E-state index contributed by atoms with van der Waals surface area (Å²) in [6, 6.07) is -0.407. The SMILES string of the molecule is CCCC(N)C(=O)OC1CCC1. The Hall–Kier alpha value is -0.570. The van der Waals surface area contributed by atoms with E-state index < -0.39 is 6.04 Å². The van der Waals surface area contributed by atoms with E-state index in [1.165, 1.54) is 6.42 Å². The fraction of sp³-hybridized carbons (Fsp3) is 0.889. The summed E-state index contributed by atoms with van der Waals surface area (Å²) in [6.07, 6.45) is 5.04. The second-order valence-electron chi connectivity index (χ2n) is 3.38. The molecule has 1 aliphatic carbocycles. The van der Waals surface area contributed by atoms with Gasteiger partial charge in [0.05, 0.1) is 0 Å².